The lowest BCUT2D eigenvalue weighted by Crippen LogP contribution is -2.18. The molecule has 0 saturated heterocycles. The van der Waals surface area contributed by atoms with Gasteiger partial charge in [0.2, 0.25) is 0 Å². The average Bonchev–Trinajstić information content (AvgIpc) is 1.98. The van der Waals surface area contributed by atoms with Crippen molar-refractivity contribution in [3.63, 3.8) is 0 Å². The summed E-state index contributed by atoms with van der Waals surface area (Å²) in [6.45, 7) is 1.86. The molecule has 0 aliphatic rings. The number of benzene rings is 1. The van der Waals surface area contributed by atoms with Crippen LogP contribution in [-0.2, 0) is 6.42 Å². The molecular weight excluding hydrogens is 221 g/mol. The molecule has 1 aromatic rings. The molecule has 0 unspecified atom stereocenters. The van der Waals surface area contributed by atoms with Crippen LogP contribution in [0.15, 0.2) is 22.7 Å². The second kappa shape index (κ2) is 4.01. The van der Waals surface area contributed by atoms with E-state index < -0.39 is 0 Å². The first kappa shape index (κ1) is 9.68. The third kappa shape index (κ3) is 2.29. The van der Waals surface area contributed by atoms with E-state index in [1.165, 1.54) is 0 Å². The van der Waals surface area contributed by atoms with E-state index in [0.717, 1.165) is 0 Å². The molecule has 0 saturated carbocycles. The lowest BCUT2D eigenvalue weighted by Gasteiger charge is -2.06. The van der Waals surface area contributed by atoms with Crippen molar-refractivity contribution in [2.45, 2.75) is 19.4 Å². The molecular formula is C9H11BrFN. The van der Waals surface area contributed by atoms with Crippen LogP contribution in [-0.4, -0.2) is 6.04 Å². The molecule has 0 aliphatic carbocycles. The maximum atomic E-state index is 13.3. The molecule has 1 atom stereocenters. The molecule has 12 heavy (non-hydrogen) atoms. The van der Waals surface area contributed by atoms with E-state index in [9.17, 15) is 4.39 Å². The molecule has 0 aromatic heterocycles. The van der Waals surface area contributed by atoms with Crippen LogP contribution in [0.5, 0.6) is 0 Å². The fourth-order valence-corrected chi connectivity index (χ4v) is 1.46. The third-order valence-electron chi connectivity index (χ3n) is 1.57. The summed E-state index contributed by atoms with van der Waals surface area (Å²) in [6, 6.07) is 5.24. The van der Waals surface area contributed by atoms with Crippen molar-refractivity contribution in [2.24, 2.45) is 5.73 Å². The first-order valence-electron chi connectivity index (χ1n) is 3.79. The summed E-state index contributed by atoms with van der Waals surface area (Å²) in [7, 11) is 0. The predicted octanol–water partition coefficient (Wildman–Crippen LogP) is 2.48. The van der Waals surface area contributed by atoms with Crippen LogP contribution in [0.4, 0.5) is 4.39 Å². The molecule has 1 rings (SSSR count). The van der Waals surface area contributed by atoms with Gasteiger partial charge in [0.25, 0.3) is 0 Å². The van der Waals surface area contributed by atoms with E-state index in [1.54, 1.807) is 12.1 Å². The van der Waals surface area contributed by atoms with Crippen molar-refractivity contribution in [2.75, 3.05) is 0 Å². The Morgan fingerprint density at radius 2 is 2.25 bits per heavy atom. The van der Waals surface area contributed by atoms with Crippen molar-refractivity contribution in [3.8, 4) is 0 Å². The van der Waals surface area contributed by atoms with Crippen molar-refractivity contribution in [1.82, 2.24) is 0 Å². The summed E-state index contributed by atoms with van der Waals surface area (Å²) < 4.78 is 13.8. The van der Waals surface area contributed by atoms with Gasteiger partial charge in [-0.25, -0.2) is 4.39 Å². The Morgan fingerprint density at radius 1 is 1.58 bits per heavy atom. The van der Waals surface area contributed by atoms with E-state index in [2.05, 4.69) is 15.9 Å². The van der Waals surface area contributed by atoms with E-state index in [4.69, 9.17) is 5.73 Å². The van der Waals surface area contributed by atoms with Crippen molar-refractivity contribution in [1.29, 1.82) is 0 Å². The molecule has 0 heterocycles. The highest BCUT2D eigenvalue weighted by atomic mass is 79.9. The summed E-state index contributed by atoms with van der Waals surface area (Å²) in [6.07, 6.45) is 0.575. The largest absolute Gasteiger partial charge is 0.328 e. The smallest absolute Gasteiger partial charge is 0.140 e. The van der Waals surface area contributed by atoms with Gasteiger partial charge in [0.15, 0.2) is 0 Å². The number of rotatable bonds is 2. The highest BCUT2D eigenvalue weighted by Crippen LogP contribution is 2.19. The standard InChI is InChI=1S/C9H11BrFN/c1-6(12)5-7-3-2-4-8(10)9(7)11/h2-4,6H,5,12H2,1H3/t6-/m1/s1. The minimum Gasteiger partial charge on any atom is -0.328 e. The summed E-state index contributed by atoms with van der Waals surface area (Å²) >= 11 is 3.12. The Balaban J connectivity index is 2.92. The van der Waals surface area contributed by atoms with Gasteiger partial charge in [0, 0.05) is 6.04 Å². The van der Waals surface area contributed by atoms with Crippen molar-refractivity contribution >= 4 is 15.9 Å². The first-order chi connectivity index (χ1) is 5.61. The van der Waals surface area contributed by atoms with Gasteiger partial charge in [-0.3, -0.25) is 0 Å². The van der Waals surface area contributed by atoms with Crippen LogP contribution in [0.2, 0.25) is 0 Å². The number of nitrogens with two attached hydrogens (primary N) is 1. The molecule has 0 radical (unpaired) electrons. The number of halogens is 2. The topological polar surface area (TPSA) is 26.0 Å². The molecule has 0 aliphatic heterocycles. The fourth-order valence-electron chi connectivity index (χ4n) is 1.05. The van der Waals surface area contributed by atoms with Crippen LogP contribution >= 0.6 is 15.9 Å². The van der Waals surface area contributed by atoms with Gasteiger partial charge in [0.1, 0.15) is 5.82 Å². The molecule has 1 nitrogen and oxygen atoms in total. The van der Waals surface area contributed by atoms with E-state index >= 15 is 0 Å². The highest BCUT2D eigenvalue weighted by molar-refractivity contribution is 9.10. The SMILES string of the molecule is C[C@@H](N)Cc1cccc(Br)c1F. The van der Waals surface area contributed by atoms with Gasteiger partial charge in [-0.15, -0.1) is 0 Å². The maximum absolute atomic E-state index is 13.3. The fraction of sp³-hybridized carbons (Fsp3) is 0.333. The van der Waals surface area contributed by atoms with Gasteiger partial charge in [-0.2, -0.15) is 0 Å². The molecule has 0 spiro atoms. The highest BCUT2D eigenvalue weighted by Gasteiger charge is 2.06. The van der Waals surface area contributed by atoms with Crippen LogP contribution in [0.3, 0.4) is 0 Å². The van der Waals surface area contributed by atoms with Crippen LogP contribution in [0.1, 0.15) is 12.5 Å². The van der Waals surface area contributed by atoms with E-state index in [-0.39, 0.29) is 11.9 Å². The molecule has 66 valence electrons. The van der Waals surface area contributed by atoms with Crippen LogP contribution in [0.25, 0.3) is 0 Å². The van der Waals surface area contributed by atoms with Gasteiger partial charge in [0.05, 0.1) is 4.47 Å². The summed E-state index contributed by atoms with van der Waals surface area (Å²) in [5.74, 6) is -0.199. The van der Waals surface area contributed by atoms with Gasteiger partial charge in [-0.1, -0.05) is 12.1 Å². The predicted molar refractivity (Wildman–Crippen MR) is 51.5 cm³/mol. The number of hydrogen-bond acceptors (Lipinski definition) is 1. The lowest BCUT2D eigenvalue weighted by atomic mass is 10.1. The normalized spacial score (nSPS) is 13.0. The summed E-state index contributed by atoms with van der Waals surface area (Å²) in [5, 5.41) is 0. The second-order valence-corrected chi connectivity index (χ2v) is 3.75. The van der Waals surface area contributed by atoms with Gasteiger partial charge >= 0.3 is 0 Å². The van der Waals surface area contributed by atoms with E-state index in [0.29, 0.717) is 16.5 Å². The minimum atomic E-state index is -0.199. The maximum Gasteiger partial charge on any atom is 0.140 e. The molecule has 0 bridgehead atoms. The zero-order valence-electron chi connectivity index (χ0n) is 6.85. The Labute approximate surface area is 79.9 Å². The van der Waals surface area contributed by atoms with Gasteiger partial charge in [-0.05, 0) is 40.9 Å². The Bertz CT molecular complexity index is 273. The summed E-state index contributed by atoms with van der Waals surface area (Å²) in [4.78, 5) is 0. The van der Waals surface area contributed by atoms with E-state index in [1.807, 2.05) is 13.0 Å². The lowest BCUT2D eigenvalue weighted by molar-refractivity contribution is 0.590. The zero-order chi connectivity index (χ0) is 9.14. The van der Waals surface area contributed by atoms with Crippen LogP contribution < -0.4 is 5.73 Å². The molecule has 0 amide bonds. The molecule has 2 N–H and O–H groups in total. The minimum absolute atomic E-state index is 0.00574. The monoisotopic (exact) mass is 231 g/mol. The number of hydrogen-bond donors (Lipinski definition) is 1. The Kier molecular flexibility index (Phi) is 3.23. The summed E-state index contributed by atoms with van der Waals surface area (Å²) in [5.41, 5.74) is 6.23. The third-order valence-corrected chi connectivity index (χ3v) is 2.19. The van der Waals surface area contributed by atoms with Gasteiger partial charge < -0.3 is 5.73 Å². The second-order valence-electron chi connectivity index (χ2n) is 2.89. The zero-order valence-corrected chi connectivity index (χ0v) is 8.44. The quantitative estimate of drug-likeness (QED) is 0.832. The first-order valence-corrected chi connectivity index (χ1v) is 4.59. The molecule has 3 heteroatoms. The van der Waals surface area contributed by atoms with Crippen LogP contribution in [0, 0.1) is 5.82 Å². The average molecular weight is 232 g/mol. The Morgan fingerprint density at radius 3 is 2.83 bits per heavy atom. The molecule has 1 aromatic carbocycles. The van der Waals surface area contributed by atoms with Crippen molar-refractivity contribution in [3.05, 3.63) is 34.1 Å². The van der Waals surface area contributed by atoms with Crippen molar-refractivity contribution < 1.29 is 4.39 Å². The Hall–Kier alpha value is -0.410. The molecule has 0 fully saturated rings.